The molecular weight excluding hydrogens is 364 g/mol. The van der Waals surface area contributed by atoms with E-state index in [9.17, 15) is 5.11 Å². The summed E-state index contributed by atoms with van der Waals surface area (Å²) in [7, 11) is 0. The van der Waals surface area contributed by atoms with E-state index >= 15 is 0 Å². The molecule has 0 aliphatic carbocycles. The summed E-state index contributed by atoms with van der Waals surface area (Å²) in [5.41, 5.74) is 3.44. The molecule has 0 bridgehead atoms. The van der Waals surface area contributed by atoms with Gasteiger partial charge >= 0.3 is 0 Å². The minimum atomic E-state index is -0.126. The van der Waals surface area contributed by atoms with Crippen molar-refractivity contribution in [1.29, 1.82) is 0 Å². The molecule has 2 N–H and O–H groups in total. The molecule has 1 aliphatic heterocycles. The average molecular weight is 397 g/mol. The van der Waals surface area contributed by atoms with Crippen molar-refractivity contribution in [1.82, 2.24) is 9.97 Å². The van der Waals surface area contributed by atoms with Crippen LogP contribution in [0.4, 0.5) is 11.6 Å². The lowest BCUT2D eigenvalue weighted by atomic mass is 10.1. The maximum Gasteiger partial charge on any atom is 0.143 e. The van der Waals surface area contributed by atoms with Crippen LogP contribution in [0.3, 0.4) is 0 Å². The number of nitrogens with zero attached hydrogens (tertiary/aromatic N) is 3. The number of aliphatic hydroxyl groups excluding tert-OH is 1. The number of nitrogens with one attached hydrogen (secondary N) is 1. The summed E-state index contributed by atoms with van der Waals surface area (Å²) in [4.78, 5) is 11.1. The first-order valence-corrected chi connectivity index (χ1v) is 10.4. The number of aromatic nitrogens is 2. The molecule has 2 aromatic rings. The Hall–Kier alpha value is -2.44. The summed E-state index contributed by atoms with van der Waals surface area (Å²) in [6.45, 7) is 7.05. The van der Waals surface area contributed by atoms with E-state index in [-0.39, 0.29) is 18.9 Å². The van der Waals surface area contributed by atoms with E-state index in [1.165, 1.54) is 11.1 Å². The van der Waals surface area contributed by atoms with Crippen molar-refractivity contribution in [3.63, 3.8) is 0 Å². The minimum absolute atomic E-state index is 0.0507. The van der Waals surface area contributed by atoms with Gasteiger partial charge in [-0.25, -0.2) is 9.97 Å². The van der Waals surface area contributed by atoms with Gasteiger partial charge in [-0.3, -0.25) is 0 Å². The van der Waals surface area contributed by atoms with Gasteiger partial charge in [0.2, 0.25) is 0 Å². The molecule has 6 nitrogen and oxygen atoms in total. The van der Waals surface area contributed by atoms with E-state index < -0.39 is 0 Å². The number of aryl methyl sites for hydroxylation is 1. The Kier molecular flexibility index (Phi) is 7.61. The van der Waals surface area contributed by atoms with Crippen LogP contribution in [0.1, 0.15) is 49.3 Å². The van der Waals surface area contributed by atoms with E-state index in [1.807, 2.05) is 6.92 Å². The van der Waals surface area contributed by atoms with Crippen molar-refractivity contribution >= 4 is 11.6 Å². The molecule has 6 heteroatoms. The standard InChI is InChI=1S/C23H32N4O2/c1-4-5-6-12-27(21-11-10-20(15-28)29-21)23-18(3)22(25-16-26-23)24-14-19-9-7-8-17(2)13-19/h6-9,12-13,16,20-21,28H,4-5,10-11,14-15H2,1-3H3,(H,24,25,26). The zero-order chi connectivity index (χ0) is 20.6. The summed E-state index contributed by atoms with van der Waals surface area (Å²) >= 11 is 0. The first-order chi connectivity index (χ1) is 14.1. The SMILES string of the molecule is CCCC=CN(c1ncnc(NCc2cccc(C)c2)c1C)C1CCC(CO)O1. The molecule has 156 valence electrons. The molecule has 1 saturated heterocycles. The third-order valence-corrected chi connectivity index (χ3v) is 5.16. The molecule has 2 atom stereocenters. The topological polar surface area (TPSA) is 70.5 Å². The van der Waals surface area contributed by atoms with Crippen LogP contribution >= 0.6 is 0 Å². The number of hydrogen-bond acceptors (Lipinski definition) is 6. The lowest BCUT2D eigenvalue weighted by Crippen LogP contribution is -2.32. The summed E-state index contributed by atoms with van der Waals surface area (Å²) in [5, 5.41) is 12.9. The number of allylic oxidation sites excluding steroid dienone is 1. The Bertz CT molecular complexity index is 824. The second kappa shape index (κ2) is 10.4. The molecule has 0 amide bonds. The van der Waals surface area contributed by atoms with Crippen LogP contribution in [-0.4, -0.2) is 34.0 Å². The first kappa shape index (κ1) is 21.3. The van der Waals surface area contributed by atoms with Crippen LogP contribution in [0.2, 0.25) is 0 Å². The molecule has 0 radical (unpaired) electrons. The van der Waals surface area contributed by atoms with Crippen molar-refractivity contribution in [3.8, 4) is 0 Å². The van der Waals surface area contributed by atoms with Gasteiger partial charge in [0.05, 0.1) is 12.7 Å². The van der Waals surface area contributed by atoms with Crippen molar-refractivity contribution < 1.29 is 9.84 Å². The highest BCUT2D eigenvalue weighted by Gasteiger charge is 2.30. The van der Waals surface area contributed by atoms with Gasteiger partial charge in [-0.05, 0) is 38.7 Å². The predicted molar refractivity (Wildman–Crippen MR) is 117 cm³/mol. The third-order valence-electron chi connectivity index (χ3n) is 5.16. The van der Waals surface area contributed by atoms with Crippen molar-refractivity contribution in [2.45, 2.75) is 65.3 Å². The van der Waals surface area contributed by atoms with Gasteiger partial charge < -0.3 is 20.1 Å². The third kappa shape index (κ3) is 5.55. The van der Waals surface area contributed by atoms with Gasteiger partial charge in [0.1, 0.15) is 24.2 Å². The fourth-order valence-corrected chi connectivity index (χ4v) is 3.57. The van der Waals surface area contributed by atoms with Crippen LogP contribution in [0.15, 0.2) is 42.9 Å². The Morgan fingerprint density at radius 1 is 1.28 bits per heavy atom. The molecule has 1 aromatic heterocycles. The predicted octanol–water partition coefficient (Wildman–Crippen LogP) is 4.32. The molecule has 1 fully saturated rings. The summed E-state index contributed by atoms with van der Waals surface area (Å²) in [6, 6.07) is 8.45. The molecule has 2 heterocycles. The Balaban J connectivity index is 1.81. The highest BCUT2D eigenvalue weighted by Crippen LogP contribution is 2.30. The van der Waals surface area contributed by atoms with Crippen LogP contribution < -0.4 is 10.2 Å². The minimum Gasteiger partial charge on any atom is -0.394 e. The number of hydrogen-bond donors (Lipinski definition) is 2. The van der Waals surface area contributed by atoms with Gasteiger partial charge in [0.25, 0.3) is 0 Å². The Morgan fingerprint density at radius 2 is 2.14 bits per heavy atom. The number of benzene rings is 1. The van der Waals surface area contributed by atoms with Gasteiger partial charge in [0.15, 0.2) is 0 Å². The zero-order valence-electron chi connectivity index (χ0n) is 17.6. The zero-order valence-corrected chi connectivity index (χ0v) is 17.6. The Morgan fingerprint density at radius 3 is 2.86 bits per heavy atom. The fraction of sp³-hybridized carbons (Fsp3) is 0.478. The molecule has 0 saturated carbocycles. The van der Waals surface area contributed by atoms with E-state index in [1.54, 1.807) is 6.33 Å². The number of aliphatic hydroxyl groups is 1. The normalized spacial score (nSPS) is 19.0. The van der Waals surface area contributed by atoms with Gasteiger partial charge in [0, 0.05) is 18.3 Å². The smallest absolute Gasteiger partial charge is 0.143 e. The van der Waals surface area contributed by atoms with Crippen LogP contribution in [0.25, 0.3) is 0 Å². The maximum atomic E-state index is 9.45. The van der Waals surface area contributed by atoms with E-state index in [0.717, 1.165) is 42.9 Å². The summed E-state index contributed by atoms with van der Waals surface area (Å²) < 4.78 is 6.04. The lowest BCUT2D eigenvalue weighted by molar-refractivity contribution is 0.0140. The van der Waals surface area contributed by atoms with Crippen molar-refractivity contribution in [2.24, 2.45) is 0 Å². The molecule has 0 spiro atoms. The van der Waals surface area contributed by atoms with Crippen LogP contribution in [0, 0.1) is 13.8 Å². The van der Waals surface area contributed by atoms with E-state index in [0.29, 0.717) is 6.54 Å². The van der Waals surface area contributed by atoms with Crippen LogP contribution in [0.5, 0.6) is 0 Å². The van der Waals surface area contributed by atoms with Crippen LogP contribution in [-0.2, 0) is 11.3 Å². The molecule has 29 heavy (non-hydrogen) atoms. The maximum absolute atomic E-state index is 9.45. The second-order valence-electron chi connectivity index (χ2n) is 7.57. The molecular formula is C23H32N4O2. The quantitative estimate of drug-likeness (QED) is 0.658. The number of anilines is 2. The Labute approximate surface area is 173 Å². The number of ether oxygens (including phenoxy) is 1. The summed E-state index contributed by atoms with van der Waals surface area (Å²) in [6.07, 6.45) is 9.36. The average Bonchev–Trinajstić information content (AvgIpc) is 3.20. The number of unbranched alkanes of at least 4 members (excludes halogenated alkanes) is 1. The summed E-state index contributed by atoms with van der Waals surface area (Å²) in [5.74, 6) is 1.66. The molecule has 2 unspecified atom stereocenters. The van der Waals surface area contributed by atoms with Crippen molar-refractivity contribution in [3.05, 3.63) is 59.6 Å². The highest BCUT2D eigenvalue weighted by molar-refractivity contribution is 5.59. The van der Waals surface area contributed by atoms with Crippen molar-refractivity contribution in [2.75, 3.05) is 16.8 Å². The monoisotopic (exact) mass is 396 g/mol. The number of rotatable bonds is 9. The lowest BCUT2D eigenvalue weighted by Gasteiger charge is -2.28. The van der Waals surface area contributed by atoms with Gasteiger partial charge in [-0.15, -0.1) is 0 Å². The highest BCUT2D eigenvalue weighted by atomic mass is 16.5. The van der Waals surface area contributed by atoms with Gasteiger partial charge in [-0.2, -0.15) is 0 Å². The van der Waals surface area contributed by atoms with E-state index in [2.05, 4.69) is 70.6 Å². The molecule has 3 rings (SSSR count). The van der Waals surface area contributed by atoms with Gasteiger partial charge in [-0.1, -0.05) is 49.2 Å². The van der Waals surface area contributed by atoms with E-state index in [4.69, 9.17) is 4.74 Å². The molecule has 1 aromatic carbocycles. The molecule has 1 aliphatic rings. The second-order valence-corrected chi connectivity index (χ2v) is 7.57. The first-order valence-electron chi connectivity index (χ1n) is 10.4. The largest absolute Gasteiger partial charge is 0.394 e. The fourth-order valence-electron chi connectivity index (χ4n) is 3.57.